The molecule has 0 fully saturated rings. The van der Waals surface area contributed by atoms with E-state index in [-0.39, 0.29) is 17.5 Å². The molecule has 0 aliphatic heterocycles. The van der Waals surface area contributed by atoms with Gasteiger partial charge < -0.3 is 10.1 Å². The molecule has 1 aromatic rings. The fourth-order valence-electron chi connectivity index (χ4n) is 1.57. The van der Waals surface area contributed by atoms with Crippen molar-refractivity contribution in [1.29, 1.82) is 0 Å². The van der Waals surface area contributed by atoms with E-state index in [0.29, 0.717) is 5.56 Å². The van der Waals surface area contributed by atoms with Crippen molar-refractivity contribution in [2.45, 2.75) is 52.7 Å². The van der Waals surface area contributed by atoms with Crippen LogP contribution in [0.2, 0.25) is 0 Å². The van der Waals surface area contributed by atoms with E-state index in [1.807, 2.05) is 0 Å². The van der Waals surface area contributed by atoms with Crippen LogP contribution in [0.3, 0.4) is 0 Å². The third-order valence-corrected chi connectivity index (χ3v) is 2.75. The fourth-order valence-corrected chi connectivity index (χ4v) is 1.57. The van der Waals surface area contributed by atoms with Gasteiger partial charge >= 0.3 is 0 Å². The summed E-state index contributed by atoms with van der Waals surface area (Å²) in [6.45, 7) is 11.0. The van der Waals surface area contributed by atoms with Crippen LogP contribution in [0.15, 0.2) is 18.2 Å². The summed E-state index contributed by atoms with van der Waals surface area (Å²) in [5.74, 6) is 0.541. The number of halogens is 1. The normalized spacial score (nSPS) is 13.4. The first kappa shape index (κ1) is 15.0. The van der Waals surface area contributed by atoms with Crippen molar-refractivity contribution in [2.24, 2.45) is 0 Å². The molecular weight excluding hydrogens is 229 g/mol. The molecule has 18 heavy (non-hydrogen) atoms. The van der Waals surface area contributed by atoms with E-state index < -0.39 is 0 Å². The van der Waals surface area contributed by atoms with E-state index in [2.05, 4.69) is 33.0 Å². The summed E-state index contributed by atoms with van der Waals surface area (Å²) in [7, 11) is 0. The van der Waals surface area contributed by atoms with E-state index in [1.165, 1.54) is 6.07 Å². The molecule has 3 heteroatoms. The van der Waals surface area contributed by atoms with Gasteiger partial charge in [-0.25, -0.2) is 4.39 Å². The van der Waals surface area contributed by atoms with Gasteiger partial charge in [0, 0.05) is 12.1 Å². The smallest absolute Gasteiger partial charge is 0.126 e. The Bertz CT molecular complexity index is 385. The lowest BCUT2D eigenvalue weighted by atomic mass is 10.1. The van der Waals surface area contributed by atoms with Crippen molar-refractivity contribution in [1.82, 2.24) is 5.32 Å². The summed E-state index contributed by atoms with van der Waals surface area (Å²) in [6, 6.07) is 4.88. The van der Waals surface area contributed by atoms with Gasteiger partial charge in [-0.1, -0.05) is 6.92 Å². The average Bonchev–Trinajstić information content (AvgIpc) is 2.28. The number of ether oxygens (including phenoxy) is 1. The standard InChI is InChI=1S/C15H24FNO/c1-6-12(10-17-15(3,4)5)18-13-7-8-14(16)11(2)9-13/h7-9,12,17H,6,10H2,1-5H3. The first-order valence-corrected chi connectivity index (χ1v) is 6.49. The number of hydrogen-bond donors (Lipinski definition) is 1. The second-order valence-electron chi connectivity index (χ2n) is 5.69. The number of aryl methyl sites for hydroxylation is 1. The molecule has 1 rings (SSSR count). The van der Waals surface area contributed by atoms with Crippen molar-refractivity contribution in [3.8, 4) is 5.75 Å². The van der Waals surface area contributed by atoms with E-state index >= 15 is 0 Å². The lowest BCUT2D eigenvalue weighted by Gasteiger charge is -2.25. The Hall–Kier alpha value is -1.09. The minimum absolute atomic E-state index is 0.0789. The van der Waals surface area contributed by atoms with Crippen molar-refractivity contribution < 1.29 is 9.13 Å². The first-order chi connectivity index (χ1) is 8.31. The van der Waals surface area contributed by atoms with Gasteiger partial charge in [0.1, 0.15) is 17.7 Å². The molecule has 0 bridgehead atoms. The quantitative estimate of drug-likeness (QED) is 0.864. The van der Waals surface area contributed by atoms with Crippen LogP contribution in [0.5, 0.6) is 5.75 Å². The van der Waals surface area contributed by atoms with Crippen LogP contribution in [0.25, 0.3) is 0 Å². The molecule has 1 atom stereocenters. The van der Waals surface area contributed by atoms with Gasteiger partial charge in [-0.15, -0.1) is 0 Å². The summed E-state index contributed by atoms with van der Waals surface area (Å²) in [6.07, 6.45) is 1.02. The summed E-state index contributed by atoms with van der Waals surface area (Å²) in [4.78, 5) is 0. The second kappa shape index (κ2) is 6.19. The summed E-state index contributed by atoms with van der Waals surface area (Å²) in [5, 5.41) is 3.42. The molecule has 1 unspecified atom stereocenters. The van der Waals surface area contributed by atoms with Gasteiger partial charge in [0.05, 0.1) is 0 Å². The van der Waals surface area contributed by atoms with Gasteiger partial charge in [0.2, 0.25) is 0 Å². The Labute approximate surface area is 110 Å². The lowest BCUT2D eigenvalue weighted by Crippen LogP contribution is -2.42. The van der Waals surface area contributed by atoms with Crippen LogP contribution in [-0.4, -0.2) is 18.2 Å². The Kier molecular flexibility index (Phi) is 5.15. The van der Waals surface area contributed by atoms with Gasteiger partial charge in [0.15, 0.2) is 0 Å². The van der Waals surface area contributed by atoms with E-state index in [1.54, 1.807) is 19.1 Å². The van der Waals surface area contributed by atoms with Crippen LogP contribution in [0, 0.1) is 12.7 Å². The third-order valence-electron chi connectivity index (χ3n) is 2.75. The van der Waals surface area contributed by atoms with Crippen molar-refractivity contribution in [2.75, 3.05) is 6.54 Å². The highest BCUT2D eigenvalue weighted by Crippen LogP contribution is 2.18. The number of benzene rings is 1. The predicted octanol–water partition coefficient (Wildman–Crippen LogP) is 3.68. The largest absolute Gasteiger partial charge is 0.489 e. The molecule has 0 saturated carbocycles. The summed E-state index contributed by atoms with van der Waals surface area (Å²) in [5.41, 5.74) is 0.696. The van der Waals surface area contributed by atoms with Gasteiger partial charge in [0.25, 0.3) is 0 Å². The maximum atomic E-state index is 13.2. The van der Waals surface area contributed by atoms with E-state index in [9.17, 15) is 4.39 Å². The Morgan fingerprint density at radius 2 is 2.00 bits per heavy atom. The van der Waals surface area contributed by atoms with Crippen LogP contribution >= 0.6 is 0 Å². The van der Waals surface area contributed by atoms with Crippen LogP contribution in [-0.2, 0) is 0 Å². The predicted molar refractivity (Wildman–Crippen MR) is 73.6 cm³/mol. The Morgan fingerprint density at radius 1 is 1.33 bits per heavy atom. The van der Waals surface area contributed by atoms with Crippen LogP contribution in [0.4, 0.5) is 4.39 Å². The Balaban J connectivity index is 2.59. The lowest BCUT2D eigenvalue weighted by molar-refractivity contribution is 0.181. The summed E-state index contributed by atoms with van der Waals surface area (Å²) < 4.78 is 19.0. The fraction of sp³-hybridized carbons (Fsp3) is 0.600. The molecular formula is C15H24FNO. The molecule has 1 N–H and O–H groups in total. The molecule has 0 aliphatic carbocycles. The number of hydrogen-bond acceptors (Lipinski definition) is 2. The van der Waals surface area contributed by atoms with Crippen LogP contribution < -0.4 is 10.1 Å². The highest BCUT2D eigenvalue weighted by Gasteiger charge is 2.14. The van der Waals surface area contributed by atoms with Crippen LogP contribution in [0.1, 0.15) is 39.7 Å². The maximum absolute atomic E-state index is 13.2. The zero-order valence-corrected chi connectivity index (χ0v) is 12.0. The molecule has 102 valence electrons. The van der Waals surface area contributed by atoms with Gasteiger partial charge in [-0.05, 0) is 57.9 Å². The topological polar surface area (TPSA) is 21.3 Å². The molecule has 2 nitrogen and oxygen atoms in total. The molecule has 0 aliphatic rings. The summed E-state index contributed by atoms with van der Waals surface area (Å²) >= 11 is 0. The average molecular weight is 253 g/mol. The monoisotopic (exact) mass is 253 g/mol. The minimum atomic E-state index is -0.191. The minimum Gasteiger partial charge on any atom is -0.489 e. The molecule has 0 amide bonds. The van der Waals surface area contributed by atoms with E-state index in [0.717, 1.165) is 18.7 Å². The zero-order chi connectivity index (χ0) is 13.8. The number of rotatable bonds is 5. The molecule has 0 aromatic heterocycles. The number of nitrogens with one attached hydrogen (secondary N) is 1. The van der Waals surface area contributed by atoms with Crippen molar-refractivity contribution in [3.63, 3.8) is 0 Å². The molecule has 0 heterocycles. The van der Waals surface area contributed by atoms with Crippen molar-refractivity contribution in [3.05, 3.63) is 29.6 Å². The molecule has 0 spiro atoms. The van der Waals surface area contributed by atoms with Gasteiger partial charge in [-0.2, -0.15) is 0 Å². The molecule has 0 saturated heterocycles. The zero-order valence-electron chi connectivity index (χ0n) is 12.0. The maximum Gasteiger partial charge on any atom is 0.126 e. The highest BCUT2D eigenvalue weighted by molar-refractivity contribution is 5.29. The van der Waals surface area contributed by atoms with E-state index in [4.69, 9.17) is 4.74 Å². The highest BCUT2D eigenvalue weighted by atomic mass is 19.1. The van der Waals surface area contributed by atoms with Crippen molar-refractivity contribution >= 4 is 0 Å². The Morgan fingerprint density at radius 3 is 2.50 bits per heavy atom. The molecule has 0 radical (unpaired) electrons. The van der Waals surface area contributed by atoms with Gasteiger partial charge in [-0.3, -0.25) is 0 Å². The second-order valence-corrected chi connectivity index (χ2v) is 5.69. The SMILES string of the molecule is CCC(CNC(C)(C)C)Oc1ccc(F)c(C)c1. The third kappa shape index (κ3) is 5.05. The first-order valence-electron chi connectivity index (χ1n) is 6.49. The molecule has 1 aromatic carbocycles.